The van der Waals surface area contributed by atoms with Crippen LogP contribution in [0, 0.1) is 5.92 Å². The minimum Gasteiger partial charge on any atom is -0.388 e. The van der Waals surface area contributed by atoms with Crippen LogP contribution in [0.25, 0.3) is 0 Å². The van der Waals surface area contributed by atoms with Gasteiger partial charge in [0, 0.05) is 18.8 Å². The van der Waals surface area contributed by atoms with E-state index in [9.17, 15) is 14.7 Å². The molecule has 0 aliphatic heterocycles. The number of Topliss-reactive ketones (excluding diaryl/α,β-unsaturated/α-hetero) is 2. The van der Waals surface area contributed by atoms with Gasteiger partial charge in [0.25, 0.3) is 0 Å². The zero-order valence-corrected chi connectivity index (χ0v) is 17.5. The van der Waals surface area contributed by atoms with Crippen LogP contribution >= 0.6 is 0 Å². The van der Waals surface area contributed by atoms with Crippen LogP contribution in [0.3, 0.4) is 0 Å². The smallest absolute Gasteiger partial charge is 0.136 e. The number of allylic oxidation sites excluding steroid dienone is 2. The third kappa shape index (κ3) is 7.01. The highest BCUT2D eigenvalue weighted by Crippen LogP contribution is 2.40. The van der Waals surface area contributed by atoms with Gasteiger partial charge in [-0.15, -0.1) is 0 Å². The number of rotatable bonds is 12. The third-order valence-corrected chi connectivity index (χ3v) is 5.89. The van der Waals surface area contributed by atoms with E-state index in [0.717, 1.165) is 56.9 Å². The van der Waals surface area contributed by atoms with E-state index in [2.05, 4.69) is 31.2 Å². The van der Waals surface area contributed by atoms with Gasteiger partial charge >= 0.3 is 0 Å². The van der Waals surface area contributed by atoms with Crippen molar-refractivity contribution >= 4 is 11.6 Å². The largest absolute Gasteiger partial charge is 0.388 e. The van der Waals surface area contributed by atoms with Gasteiger partial charge in [0.1, 0.15) is 11.6 Å². The Morgan fingerprint density at radius 3 is 2.61 bits per heavy atom. The lowest BCUT2D eigenvalue weighted by atomic mass is 9.85. The van der Waals surface area contributed by atoms with E-state index >= 15 is 0 Å². The summed E-state index contributed by atoms with van der Waals surface area (Å²) in [7, 11) is 0. The molecule has 0 spiro atoms. The fourth-order valence-electron chi connectivity index (χ4n) is 4.15. The number of carbonyl (C=O) groups is 2. The maximum atomic E-state index is 12.4. The number of hydrogen-bond acceptors (Lipinski definition) is 3. The second kappa shape index (κ2) is 12.0. The molecule has 0 bridgehead atoms. The van der Waals surface area contributed by atoms with Crippen LogP contribution in [0.4, 0.5) is 0 Å². The van der Waals surface area contributed by atoms with Gasteiger partial charge in [-0.2, -0.15) is 0 Å². The molecule has 0 saturated heterocycles. The van der Waals surface area contributed by atoms with Gasteiger partial charge in [-0.3, -0.25) is 4.79 Å². The van der Waals surface area contributed by atoms with Crippen molar-refractivity contribution in [2.24, 2.45) is 5.92 Å². The molecule has 3 unspecified atom stereocenters. The predicted octanol–water partition coefficient (Wildman–Crippen LogP) is 6.07. The summed E-state index contributed by atoms with van der Waals surface area (Å²) >= 11 is 0. The first-order chi connectivity index (χ1) is 13.5. The Bertz CT molecular complexity index is 644. The number of unbranched alkanes of at least 4 members (excludes halogenated alkanes) is 3. The maximum Gasteiger partial charge on any atom is 0.136 e. The van der Waals surface area contributed by atoms with E-state index in [-0.39, 0.29) is 23.7 Å². The minimum absolute atomic E-state index is 0.0596. The number of ketones is 2. The molecule has 1 aliphatic carbocycles. The topological polar surface area (TPSA) is 54.4 Å². The molecule has 2 rings (SSSR count). The van der Waals surface area contributed by atoms with Crippen molar-refractivity contribution in [2.45, 2.75) is 90.1 Å². The maximum absolute atomic E-state index is 12.4. The fraction of sp³-hybridized carbons (Fsp3) is 0.600. The summed E-state index contributed by atoms with van der Waals surface area (Å²) in [6, 6.07) is 8.27. The first-order valence-electron chi connectivity index (χ1n) is 11.0. The van der Waals surface area contributed by atoms with Gasteiger partial charge in [0.15, 0.2) is 0 Å². The highest BCUT2D eigenvalue weighted by molar-refractivity contribution is 5.84. The van der Waals surface area contributed by atoms with Crippen LogP contribution in [0.1, 0.15) is 101 Å². The number of aliphatic hydroxyl groups is 1. The summed E-state index contributed by atoms with van der Waals surface area (Å²) in [6.45, 7) is 3.79. The Hall–Kier alpha value is -1.74. The van der Waals surface area contributed by atoms with E-state index in [1.165, 1.54) is 5.56 Å². The molecule has 0 aromatic heterocycles. The second-order valence-electron chi connectivity index (χ2n) is 8.20. The highest BCUT2D eigenvalue weighted by Gasteiger charge is 2.34. The third-order valence-electron chi connectivity index (χ3n) is 5.89. The standard InChI is InChI=1S/C25H36O3/c1-3-4-7-12-24(27)21-15-13-20(14-16-21)22-17-18-25(28)23(22)11-9-6-5-8-10-19(2)26/h6,9,13-16,22-24,27H,3-5,7-8,10-12,17-18H2,1-2H3. The summed E-state index contributed by atoms with van der Waals surface area (Å²) < 4.78 is 0. The SMILES string of the molecule is CCCCCC(O)c1ccc(C2CCC(=O)C2CC=CCCCC(C)=O)cc1. The average Bonchev–Trinajstić information content (AvgIpc) is 3.05. The molecular formula is C25H36O3. The van der Waals surface area contributed by atoms with E-state index in [4.69, 9.17) is 0 Å². The lowest BCUT2D eigenvalue weighted by molar-refractivity contribution is -0.120. The van der Waals surface area contributed by atoms with Crippen LogP contribution in [-0.4, -0.2) is 16.7 Å². The molecule has 1 N–H and O–H groups in total. The molecule has 1 aromatic carbocycles. The van der Waals surface area contributed by atoms with E-state index in [1.54, 1.807) is 6.92 Å². The van der Waals surface area contributed by atoms with Crippen molar-refractivity contribution in [3.63, 3.8) is 0 Å². The van der Waals surface area contributed by atoms with E-state index in [0.29, 0.717) is 18.6 Å². The lowest BCUT2D eigenvalue weighted by Gasteiger charge is -2.19. The van der Waals surface area contributed by atoms with Crippen LogP contribution in [0.15, 0.2) is 36.4 Å². The number of hydrogen-bond donors (Lipinski definition) is 1. The molecule has 28 heavy (non-hydrogen) atoms. The Kier molecular flexibility index (Phi) is 9.63. The number of carbonyl (C=O) groups excluding carboxylic acids is 2. The van der Waals surface area contributed by atoms with Gasteiger partial charge in [0.05, 0.1) is 6.10 Å². The Labute approximate surface area is 170 Å². The van der Waals surface area contributed by atoms with E-state index in [1.807, 2.05) is 12.1 Å². The number of benzene rings is 1. The highest BCUT2D eigenvalue weighted by atomic mass is 16.3. The van der Waals surface area contributed by atoms with E-state index < -0.39 is 0 Å². The Morgan fingerprint density at radius 1 is 1.18 bits per heavy atom. The first-order valence-corrected chi connectivity index (χ1v) is 11.0. The van der Waals surface area contributed by atoms with Crippen molar-refractivity contribution in [1.82, 2.24) is 0 Å². The Balaban J connectivity index is 1.90. The summed E-state index contributed by atoms with van der Waals surface area (Å²) in [4.78, 5) is 23.3. The van der Waals surface area contributed by atoms with Crippen molar-refractivity contribution in [3.8, 4) is 0 Å². The molecule has 1 aliphatic rings. The lowest BCUT2D eigenvalue weighted by Crippen LogP contribution is -2.12. The Morgan fingerprint density at radius 2 is 1.93 bits per heavy atom. The van der Waals surface area contributed by atoms with Crippen molar-refractivity contribution in [2.75, 3.05) is 0 Å². The molecule has 0 amide bonds. The predicted molar refractivity (Wildman–Crippen MR) is 114 cm³/mol. The molecule has 1 aromatic rings. The molecule has 3 nitrogen and oxygen atoms in total. The first kappa shape index (κ1) is 22.5. The zero-order chi connectivity index (χ0) is 20.4. The van der Waals surface area contributed by atoms with Crippen LogP contribution in [0.5, 0.6) is 0 Å². The second-order valence-corrected chi connectivity index (χ2v) is 8.20. The minimum atomic E-state index is -0.389. The summed E-state index contributed by atoms with van der Waals surface area (Å²) in [6.07, 6.45) is 12.8. The van der Waals surface area contributed by atoms with Gasteiger partial charge in [0.2, 0.25) is 0 Å². The molecule has 1 saturated carbocycles. The average molecular weight is 385 g/mol. The zero-order valence-electron chi connectivity index (χ0n) is 17.5. The molecule has 0 heterocycles. The van der Waals surface area contributed by atoms with Crippen molar-refractivity contribution in [1.29, 1.82) is 0 Å². The monoisotopic (exact) mass is 384 g/mol. The van der Waals surface area contributed by atoms with Crippen molar-refractivity contribution < 1.29 is 14.7 Å². The van der Waals surface area contributed by atoms with Crippen LogP contribution in [-0.2, 0) is 9.59 Å². The molecule has 0 radical (unpaired) electrons. The van der Waals surface area contributed by atoms with Crippen LogP contribution in [0.2, 0.25) is 0 Å². The van der Waals surface area contributed by atoms with Gasteiger partial charge in [-0.25, -0.2) is 0 Å². The molecule has 3 heteroatoms. The molecule has 3 atom stereocenters. The van der Waals surface area contributed by atoms with Crippen LogP contribution < -0.4 is 0 Å². The summed E-state index contributed by atoms with van der Waals surface area (Å²) in [5.74, 6) is 0.936. The van der Waals surface area contributed by atoms with Gasteiger partial charge < -0.3 is 9.90 Å². The van der Waals surface area contributed by atoms with Gasteiger partial charge in [-0.1, -0.05) is 62.6 Å². The quantitative estimate of drug-likeness (QED) is 0.351. The fourth-order valence-corrected chi connectivity index (χ4v) is 4.15. The normalized spacial score (nSPS) is 20.8. The summed E-state index contributed by atoms with van der Waals surface area (Å²) in [5, 5.41) is 10.3. The molecule has 1 fully saturated rings. The molecular weight excluding hydrogens is 348 g/mol. The molecule has 154 valence electrons. The van der Waals surface area contributed by atoms with Crippen molar-refractivity contribution in [3.05, 3.63) is 47.5 Å². The summed E-state index contributed by atoms with van der Waals surface area (Å²) in [5.41, 5.74) is 2.19. The number of aliphatic hydroxyl groups excluding tert-OH is 1. The van der Waals surface area contributed by atoms with Gasteiger partial charge in [-0.05, 0) is 56.1 Å².